The van der Waals surface area contributed by atoms with Crippen molar-refractivity contribution >= 4 is 23.5 Å². The SMILES string of the molecule is COC(=O)[C@@H]1C[C@@H]2C(=O)N[C@@]1(c1ccccc1)C(=O)N2c1ccccc1. The minimum atomic E-state index is -1.46. The Morgan fingerprint density at radius 2 is 1.69 bits per heavy atom. The fraction of sp³-hybridized carbons (Fsp3) is 0.250. The third kappa shape index (κ3) is 2.15. The highest BCUT2D eigenvalue weighted by Crippen LogP contribution is 2.46. The monoisotopic (exact) mass is 350 g/mol. The molecule has 3 fully saturated rings. The van der Waals surface area contributed by atoms with Crippen molar-refractivity contribution in [1.82, 2.24) is 5.32 Å². The number of hydrogen-bond acceptors (Lipinski definition) is 4. The molecular formula is C20H18N2O4. The molecule has 0 saturated carbocycles. The van der Waals surface area contributed by atoms with Gasteiger partial charge in [-0.25, -0.2) is 0 Å². The van der Waals surface area contributed by atoms with E-state index in [1.54, 1.807) is 36.4 Å². The predicted octanol–water partition coefficient (Wildman–Crippen LogP) is 1.61. The number of fused-ring (bicyclic) bond motifs is 3. The van der Waals surface area contributed by atoms with Crippen molar-refractivity contribution in [3.8, 4) is 0 Å². The van der Waals surface area contributed by atoms with Gasteiger partial charge in [-0.15, -0.1) is 0 Å². The number of carbonyl (C=O) groups excluding carboxylic acids is 3. The van der Waals surface area contributed by atoms with E-state index in [-0.39, 0.29) is 18.2 Å². The van der Waals surface area contributed by atoms with Crippen molar-refractivity contribution in [3.63, 3.8) is 0 Å². The number of nitrogens with zero attached hydrogens (tertiary/aromatic N) is 1. The van der Waals surface area contributed by atoms with Gasteiger partial charge in [0.15, 0.2) is 5.54 Å². The molecule has 1 N–H and O–H groups in total. The number of carbonyl (C=O) groups is 3. The summed E-state index contributed by atoms with van der Waals surface area (Å²) in [5.41, 5.74) is -0.246. The van der Waals surface area contributed by atoms with E-state index in [0.717, 1.165) is 0 Å². The van der Waals surface area contributed by atoms with Crippen LogP contribution in [-0.4, -0.2) is 30.9 Å². The molecule has 0 aliphatic carbocycles. The fourth-order valence-electron chi connectivity index (χ4n) is 4.03. The summed E-state index contributed by atoms with van der Waals surface area (Å²) in [5.74, 6) is -1.86. The summed E-state index contributed by atoms with van der Waals surface area (Å²) in [6.07, 6.45) is 0.216. The number of piperidine rings is 2. The summed E-state index contributed by atoms with van der Waals surface area (Å²) >= 11 is 0. The lowest BCUT2D eigenvalue weighted by molar-refractivity contribution is -0.162. The van der Waals surface area contributed by atoms with E-state index >= 15 is 0 Å². The number of methoxy groups -OCH3 is 1. The van der Waals surface area contributed by atoms with Gasteiger partial charge in [0, 0.05) is 5.69 Å². The van der Waals surface area contributed by atoms with Gasteiger partial charge in [-0.05, 0) is 24.1 Å². The third-order valence-corrected chi connectivity index (χ3v) is 5.22. The van der Waals surface area contributed by atoms with Crippen LogP contribution >= 0.6 is 0 Å². The Labute approximate surface area is 150 Å². The van der Waals surface area contributed by atoms with Gasteiger partial charge in [0.2, 0.25) is 5.91 Å². The third-order valence-electron chi connectivity index (χ3n) is 5.22. The van der Waals surface area contributed by atoms with Gasteiger partial charge in [0.25, 0.3) is 5.91 Å². The van der Waals surface area contributed by atoms with Crippen LogP contribution in [0.2, 0.25) is 0 Å². The Hall–Kier alpha value is -3.15. The molecule has 132 valence electrons. The van der Waals surface area contributed by atoms with Crippen LogP contribution < -0.4 is 10.2 Å². The van der Waals surface area contributed by atoms with Crippen LogP contribution in [0.15, 0.2) is 60.7 Å². The van der Waals surface area contributed by atoms with Crippen molar-refractivity contribution in [3.05, 3.63) is 66.2 Å². The molecule has 3 atom stereocenters. The number of esters is 1. The van der Waals surface area contributed by atoms with E-state index in [2.05, 4.69) is 5.32 Å². The first-order chi connectivity index (χ1) is 12.6. The zero-order valence-electron chi connectivity index (χ0n) is 14.2. The van der Waals surface area contributed by atoms with Crippen molar-refractivity contribution in [2.75, 3.05) is 12.0 Å². The second-order valence-corrected chi connectivity index (χ2v) is 6.50. The van der Waals surface area contributed by atoms with Crippen LogP contribution in [0, 0.1) is 5.92 Å². The number of hydrogen-bond donors (Lipinski definition) is 1. The molecule has 0 aromatic heterocycles. The first-order valence-electron chi connectivity index (χ1n) is 8.43. The summed E-state index contributed by atoms with van der Waals surface area (Å²) in [7, 11) is 1.30. The standard InChI is InChI=1S/C20H18N2O4/c1-26-18(24)15-12-16-17(23)21-20(15,13-8-4-2-5-9-13)19(25)22(16)14-10-6-3-7-11-14/h2-11,15-16H,12H2,1H3,(H,21,23)/t15-,16+,20+/m0/s1. The van der Waals surface area contributed by atoms with Crippen molar-refractivity contribution in [2.45, 2.75) is 18.0 Å². The number of ether oxygens (including phenoxy) is 1. The minimum Gasteiger partial charge on any atom is -0.469 e. The first kappa shape index (κ1) is 16.3. The Morgan fingerprint density at radius 3 is 2.31 bits per heavy atom. The van der Waals surface area contributed by atoms with Gasteiger partial charge in [-0.1, -0.05) is 48.5 Å². The molecule has 6 nitrogen and oxygen atoms in total. The summed E-state index contributed by atoms with van der Waals surface area (Å²) in [4.78, 5) is 40.3. The van der Waals surface area contributed by atoms with Gasteiger partial charge < -0.3 is 10.1 Å². The smallest absolute Gasteiger partial charge is 0.312 e. The molecule has 2 bridgehead atoms. The molecule has 0 radical (unpaired) electrons. The van der Waals surface area contributed by atoms with Crippen molar-refractivity contribution < 1.29 is 19.1 Å². The second kappa shape index (κ2) is 5.98. The average molecular weight is 350 g/mol. The molecule has 3 aliphatic rings. The van der Waals surface area contributed by atoms with Crippen LogP contribution in [0.1, 0.15) is 12.0 Å². The molecule has 3 saturated heterocycles. The van der Waals surface area contributed by atoms with Crippen molar-refractivity contribution in [1.29, 1.82) is 0 Å². The molecular weight excluding hydrogens is 332 g/mol. The van der Waals surface area contributed by atoms with Crippen LogP contribution in [0.25, 0.3) is 0 Å². The molecule has 0 unspecified atom stereocenters. The maximum Gasteiger partial charge on any atom is 0.312 e. The van der Waals surface area contributed by atoms with Gasteiger partial charge in [-0.2, -0.15) is 0 Å². The molecule has 2 aromatic rings. The summed E-state index contributed by atoms with van der Waals surface area (Å²) < 4.78 is 4.95. The van der Waals surface area contributed by atoms with Crippen LogP contribution in [0.5, 0.6) is 0 Å². The number of amides is 2. The molecule has 0 spiro atoms. The first-order valence-corrected chi connectivity index (χ1v) is 8.43. The van der Waals surface area contributed by atoms with E-state index in [9.17, 15) is 14.4 Å². The highest BCUT2D eigenvalue weighted by Gasteiger charge is 2.64. The normalized spacial score (nSPS) is 27.2. The van der Waals surface area contributed by atoms with Crippen LogP contribution in [-0.2, 0) is 24.7 Å². The lowest BCUT2D eigenvalue weighted by Crippen LogP contribution is -2.77. The Bertz CT molecular complexity index is 868. The second-order valence-electron chi connectivity index (χ2n) is 6.50. The molecule has 6 heteroatoms. The number of rotatable bonds is 3. The van der Waals surface area contributed by atoms with E-state index in [1.807, 2.05) is 24.3 Å². The van der Waals surface area contributed by atoms with Crippen LogP contribution in [0.3, 0.4) is 0 Å². The van der Waals surface area contributed by atoms with Gasteiger partial charge in [0.05, 0.1) is 13.0 Å². The largest absolute Gasteiger partial charge is 0.469 e. The predicted molar refractivity (Wildman–Crippen MR) is 94.1 cm³/mol. The number of anilines is 1. The highest BCUT2D eigenvalue weighted by molar-refractivity contribution is 6.14. The number of piperazine rings is 1. The molecule has 2 aromatic carbocycles. The average Bonchev–Trinajstić information content (AvgIpc) is 2.69. The number of para-hydroxylation sites is 1. The number of nitrogens with one attached hydrogen (secondary N) is 1. The molecule has 5 rings (SSSR count). The van der Waals surface area contributed by atoms with E-state index in [1.165, 1.54) is 12.0 Å². The summed E-state index contributed by atoms with van der Waals surface area (Å²) in [6, 6.07) is 17.2. The Balaban J connectivity index is 1.91. The van der Waals surface area contributed by atoms with Gasteiger partial charge in [0.1, 0.15) is 6.04 Å². The lowest BCUT2D eigenvalue weighted by Gasteiger charge is -2.54. The highest BCUT2D eigenvalue weighted by atomic mass is 16.5. The quantitative estimate of drug-likeness (QED) is 0.854. The summed E-state index contributed by atoms with van der Waals surface area (Å²) in [6.45, 7) is 0. The molecule has 26 heavy (non-hydrogen) atoms. The fourth-order valence-corrected chi connectivity index (χ4v) is 4.03. The molecule has 3 heterocycles. The minimum absolute atomic E-state index is 0.216. The maximum atomic E-state index is 13.6. The lowest BCUT2D eigenvalue weighted by atomic mass is 9.67. The maximum absolute atomic E-state index is 13.6. The Kier molecular flexibility index (Phi) is 3.76. The summed E-state index contributed by atoms with van der Waals surface area (Å²) in [5, 5.41) is 2.83. The zero-order chi connectivity index (χ0) is 18.3. The van der Waals surface area contributed by atoms with E-state index < -0.39 is 23.5 Å². The van der Waals surface area contributed by atoms with Crippen LogP contribution in [0.4, 0.5) is 5.69 Å². The van der Waals surface area contributed by atoms with Crippen molar-refractivity contribution in [2.24, 2.45) is 5.92 Å². The van der Waals surface area contributed by atoms with E-state index in [0.29, 0.717) is 11.3 Å². The van der Waals surface area contributed by atoms with Gasteiger partial charge in [-0.3, -0.25) is 19.3 Å². The Morgan fingerprint density at radius 1 is 1.08 bits per heavy atom. The van der Waals surface area contributed by atoms with E-state index in [4.69, 9.17) is 4.74 Å². The number of benzene rings is 2. The topological polar surface area (TPSA) is 75.7 Å². The van der Waals surface area contributed by atoms with Gasteiger partial charge >= 0.3 is 5.97 Å². The molecule has 2 amide bonds. The zero-order valence-corrected chi connectivity index (χ0v) is 14.2. The molecule has 3 aliphatic heterocycles.